The number of hydrogen-bond donors (Lipinski definition) is 1. The lowest BCUT2D eigenvalue weighted by molar-refractivity contribution is 0.0528. The molecule has 3 rings (SSSR count). The third-order valence-corrected chi connectivity index (χ3v) is 4.71. The molecule has 0 amide bonds. The highest BCUT2D eigenvalue weighted by Crippen LogP contribution is 2.40. The summed E-state index contributed by atoms with van der Waals surface area (Å²) in [7, 11) is 1.53. The molecule has 0 fully saturated rings. The predicted octanol–water partition coefficient (Wildman–Crippen LogP) is 5.07. The van der Waals surface area contributed by atoms with Crippen LogP contribution in [0.4, 0.5) is 0 Å². The number of methoxy groups -OCH3 is 1. The van der Waals surface area contributed by atoms with Gasteiger partial charge in [0.15, 0.2) is 11.3 Å². The van der Waals surface area contributed by atoms with Crippen LogP contribution in [0, 0.1) is 0 Å². The maximum atomic E-state index is 12.8. The van der Waals surface area contributed by atoms with Gasteiger partial charge in [-0.05, 0) is 35.6 Å². The van der Waals surface area contributed by atoms with Crippen LogP contribution in [0.3, 0.4) is 0 Å². The maximum Gasteiger partial charge on any atom is 0.342 e. The highest BCUT2D eigenvalue weighted by Gasteiger charge is 2.26. The van der Waals surface area contributed by atoms with E-state index in [-0.39, 0.29) is 18.6 Å². The fourth-order valence-corrected chi connectivity index (χ4v) is 3.20. The van der Waals surface area contributed by atoms with Crippen LogP contribution >= 0.6 is 0 Å². The summed E-state index contributed by atoms with van der Waals surface area (Å²) in [5.41, 5.74) is 3.41. The number of benzene rings is 2. The van der Waals surface area contributed by atoms with Crippen molar-refractivity contribution in [2.75, 3.05) is 13.7 Å². The minimum atomic E-state index is -0.465. The van der Waals surface area contributed by atoms with E-state index < -0.39 is 5.97 Å². The molecule has 5 nitrogen and oxygen atoms in total. The Hall–Kier alpha value is -2.79. The number of hydrogen-bond acceptors (Lipinski definition) is 5. The van der Waals surface area contributed by atoms with E-state index >= 15 is 0 Å². The van der Waals surface area contributed by atoms with Crippen LogP contribution in [0.15, 0.2) is 40.8 Å². The molecule has 0 aliphatic rings. The van der Waals surface area contributed by atoms with Gasteiger partial charge in [-0.3, -0.25) is 0 Å². The minimum Gasteiger partial charge on any atom is -0.493 e. The number of furan rings is 1. The monoisotopic (exact) mass is 382 g/mol. The van der Waals surface area contributed by atoms with Gasteiger partial charge in [-0.2, -0.15) is 0 Å². The van der Waals surface area contributed by atoms with Gasteiger partial charge >= 0.3 is 5.97 Å². The third-order valence-electron chi connectivity index (χ3n) is 4.71. The van der Waals surface area contributed by atoms with Gasteiger partial charge in [-0.15, -0.1) is 0 Å². The van der Waals surface area contributed by atoms with Crippen LogP contribution < -0.4 is 4.74 Å². The Balaban J connectivity index is 2.26. The number of aliphatic hydroxyl groups excluding tert-OH is 1. The summed E-state index contributed by atoms with van der Waals surface area (Å²) >= 11 is 0. The fraction of sp³-hybridized carbons (Fsp3) is 0.348. The van der Waals surface area contributed by atoms with Gasteiger partial charge in [-0.25, -0.2) is 4.79 Å². The topological polar surface area (TPSA) is 68.9 Å². The molecular weight excluding hydrogens is 356 g/mol. The first-order valence-corrected chi connectivity index (χ1v) is 9.32. The summed E-state index contributed by atoms with van der Waals surface area (Å²) in [4.78, 5) is 12.8. The van der Waals surface area contributed by atoms with Crippen molar-refractivity contribution in [3.05, 3.63) is 53.1 Å². The third kappa shape index (κ3) is 3.62. The maximum absolute atomic E-state index is 12.8. The fourth-order valence-electron chi connectivity index (χ4n) is 3.20. The van der Waals surface area contributed by atoms with Crippen molar-refractivity contribution < 1.29 is 23.8 Å². The second-order valence-electron chi connectivity index (χ2n) is 7.69. The summed E-state index contributed by atoms with van der Waals surface area (Å²) in [6.45, 7) is 8.29. The van der Waals surface area contributed by atoms with Crippen molar-refractivity contribution in [1.29, 1.82) is 0 Å². The molecule has 0 radical (unpaired) electrons. The zero-order valence-electron chi connectivity index (χ0n) is 17.0. The second kappa shape index (κ2) is 7.68. The van der Waals surface area contributed by atoms with Gasteiger partial charge in [0.1, 0.15) is 11.3 Å². The lowest BCUT2D eigenvalue weighted by atomic mass is 9.86. The van der Waals surface area contributed by atoms with E-state index in [9.17, 15) is 9.90 Å². The van der Waals surface area contributed by atoms with Crippen LogP contribution in [-0.4, -0.2) is 24.8 Å². The summed E-state index contributed by atoms with van der Waals surface area (Å²) < 4.78 is 16.8. The molecule has 0 bridgehead atoms. The first kappa shape index (κ1) is 20.0. The zero-order valence-corrected chi connectivity index (χ0v) is 17.0. The molecule has 0 atom stereocenters. The SMILES string of the molecule is CCOC(=O)c1c(-c2ccc(C(C)(C)C)cc2)oc2c(OC)cc(CO)cc12. The number of aliphatic hydroxyl groups is 1. The van der Waals surface area contributed by atoms with E-state index in [1.165, 1.54) is 12.7 Å². The minimum absolute atomic E-state index is 0.0234. The van der Waals surface area contributed by atoms with Gasteiger partial charge in [-0.1, -0.05) is 45.0 Å². The molecule has 1 heterocycles. The van der Waals surface area contributed by atoms with Crippen molar-refractivity contribution >= 4 is 16.9 Å². The number of carbonyl (C=O) groups is 1. The summed E-state index contributed by atoms with van der Waals surface area (Å²) in [5.74, 6) is 0.431. The van der Waals surface area contributed by atoms with E-state index in [4.69, 9.17) is 13.9 Å². The van der Waals surface area contributed by atoms with Crippen molar-refractivity contribution in [2.45, 2.75) is 39.7 Å². The number of esters is 1. The van der Waals surface area contributed by atoms with Crippen molar-refractivity contribution in [1.82, 2.24) is 0 Å². The Bertz CT molecular complexity index is 990. The number of carbonyl (C=O) groups excluding carboxylic acids is 1. The van der Waals surface area contributed by atoms with Crippen molar-refractivity contribution in [2.24, 2.45) is 0 Å². The molecule has 1 N–H and O–H groups in total. The molecule has 0 spiro atoms. The Morgan fingerprint density at radius 1 is 1.14 bits per heavy atom. The van der Waals surface area contributed by atoms with Gasteiger partial charge in [0.25, 0.3) is 0 Å². The molecule has 0 unspecified atom stereocenters. The molecule has 0 saturated heterocycles. The molecule has 5 heteroatoms. The summed E-state index contributed by atoms with van der Waals surface area (Å²) in [5, 5.41) is 10.1. The summed E-state index contributed by atoms with van der Waals surface area (Å²) in [6, 6.07) is 11.4. The van der Waals surface area contributed by atoms with Crippen LogP contribution in [0.25, 0.3) is 22.3 Å². The lowest BCUT2D eigenvalue weighted by Gasteiger charge is -2.19. The smallest absolute Gasteiger partial charge is 0.342 e. The lowest BCUT2D eigenvalue weighted by Crippen LogP contribution is -2.10. The molecular formula is C23H26O5. The molecule has 1 aromatic heterocycles. The van der Waals surface area contributed by atoms with Crippen LogP contribution in [0.5, 0.6) is 5.75 Å². The molecule has 28 heavy (non-hydrogen) atoms. The second-order valence-corrected chi connectivity index (χ2v) is 7.69. The average molecular weight is 382 g/mol. The molecule has 3 aromatic rings. The average Bonchev–Trinajstić information content (AvgIpc) is 3.06. The van der Waals surface area contributed by atoms with E-state index in [0.29, 0.717) is 33.6 Å². The first-order valence-electron chi connectivity index (χ1n) is 9.32. The normalized spacial score (nSPS) is 11.6. The number of ether oxygens (including phenoxy) is 2. The van der Waals surface area contributed by atoms with Gasteiger partial charge in [0.05, 0.1) is 20.3 Å². The summed E-state index contributed by atoms with van der Waals surface area (Å²) in [6.07, 6.45) is 0. The van der Waals surface area contributed by atoms with E-state index in [2.05, 4.69) is 20.8 Å². The Morgan fingerprint density at radius 3 is 2.36 bits per heavy atom. The molecule has 2 aromatic carbocycles. The van der Waals surface area contributed by atoms with Crippen LogP contribution in [0.1, 0.15) is 49.2 Å². The molecule has 0 aliphatic carbocycles. The van der Waals surface area contributed by atoms with Crippen molar-refractivity contribution in [3.8, 4) is 17.1 Å². The Morgan fingerprint density at radius 2 is 1.82 bits per heavy atom. The van der Waals surface area contributed by atoms with E-state index in [1.807, 2.05) is 24.3 Å². The van der Waals surface area contributed by atoms with Gasteiger partial charge in [0.2, 0.25) is 0 Å². The molecule has 0 saturated carbocycles. The van der Waals surface area contributed by atoms with E-state index in [0.717, 1.165) is 5.56 Å². The van der Waals surface area contributed by atoms with Crippen molar-refractivity contribution in [3.63, 3.8) is 0 Å². The van der Waals surface area contributed by atoms with E-state index in [1.54, 1.807) is 19.1 Å². The number of rotatable bonds is 5. The Labute approximate surface area is 164 Å². The standard InChI is InChI=1S/C23H26O5/c1-6-27-22(25)19-17-11-14(13-24)12-18(26-5)21(17)28-20(19)15-7-9-16(10-8-15)23(2,3)4/h7-12,24H,6,13H2,1-5H3. The quantitative estimate of drug-likeness (QED) is 0.624. The van der Waals surface area contributed by atoms with Crippen LogP contribution in [-0.2, 0) is 16.8 Å². The first-order chi connectivity index (χ1) is 13.3. The largest absolute Gasteiger partial charge is 0.493 e. The zero-order chi connectivity index (χ0) is 20.5. The highest BCUT2D eigenvalue weighted by molar-refractivity contribution is 6.10. The van der Waals surface area contributed by atoms with Gasteiger partial charge < -0.3 is 19.0 Å². The van der Waals surface area contributed by atoms with Gasteiger partial charge in [0, 0.05) is 10.9 Å². The number of fused-ring (bicyclic) bond motifs is 1. The highest BCUT2D eigenvalue weighted by atomic mass is 16.5. The predicted molar refractivity (Wildman–Crippen MR) is 109 cm³/mol. The van der Waals surface area contributed by atoms with Crippen LogP contribution in [0.2, 0.25) is 0 Å². The molecule has 148 valence electrons. The Kier molecular flexibility index (Phi) is 5.47. The molecule has 0 aliphatic heterocycles.